The summed E-state index contributed by atoms with van der Waals surface area (Å²) in [5.41, 5.74) is 1.48. The number of amides is 1. The molecule has 7 heteroatoms. The number of carbonyl (C=O) groups is 1. The monoisotopic (exact) mass is 398 g/mol. The second-order valence-electron chi connectivity index (χ2n) is 9.29. The average molecular weight is 398 g/mol. The molecule has 0 spiro atoms. The molecule has 0 bridgehead atoms. The third-order valence-electron chi connectivity index (χ3n) is 5.23. The quantitative estimate of drug-likeness (QED) is 0.760. The number of ether oxygens (including phenoxy) is 1. The lowest BCUT2D eigenvalue weighted by molar-refractivity contribution is 0.00578. The molecule has 1 fully saturated rings. The van der Waals surface area contributed by atoms with Gasteiger partial charge in [0.15, 0.2) is 0 Å². The van der Waals surface area contributed by atoms with Crippen LogP contribution in [0.25, 0.3) is 6.08 Å². The van der Waals surface area contributed by atoms with Crippen LogP contribution < -0.4 is 5.32 Å². The van der Waals surface area contributed by atoms with E-state index >= 15 is 0 Å². The van der Waals surface area contributed by atoms with Crippen LogP contribution >= 0.6 is 0 Å². The summed E-state index contributed by atoms with van der Waals surface area (Å²) >= 11 is 0. The van der Waals surface area contributed by atoms with Gasteiger partial charge in [-0.1, -0.05) is 18.2 Å². The highest BCUT2D eigenvalue weighted by Crippen LogP contribution is 2.38. The Hall–Kier alpha value is -2.30. The van der Waals surface area contributed by atoms with E-state index < -0.39 is 30.0 Å². The highest BCUT2D eigenvalue weighted by Gasteiger charge is 2.52. The van der Waals surface area contributed by atoms with E-state index in [-0.39, 0.29) is 6.54 Å². The molecular formula is C22H31BN2O4. The van der Waals surface area contributed by atoms with Gasteiger partial charge in [0.1, 0.15) is 5.60 Å². The lowest BCUT2D eigenvalue weighted by atomic mass is 9.76. The molecule has 0 atom stereocenters. The molecule has 1 heterocycles. The standard InChI is InChI=1S/C22H31BN2O4/c1-15-16(10-9-11-17(15)13-24)12-18(14-25-19(26)27-20(2,3)4)23-28-21(5,6)22(7,8)29-23/h9-12H,14H2,1-8H3,(H,25,26). The zero-order valence-electron chi connectivity index (χ0n) is 18.7. The lowest BCUT2D eigenvalue weighted by Gasteiger charge is -2.32. The number of hydrogen-bond acceptors (Lipinski definition) is 5. The van der Waals surface area contributed by atoms with Crippen LogP contribution in [0.15, 0.2) is 23.7 Å². The van der Waals surface area contributed by atoms with E-state index in [1.807, 2.05) is 73.6 Å². The molecular weight excluding hydrogens is 367 g/mol. The minimum Gasteiger partial charge on any atom is -0.444 e. The Morgan fingerprint density at radius 1 is 1.24 bits per heavy atom. The molecule has 156 valence electrons. The van der Waals surface area contributed by atoms with Crippen LogP contribution in [0, 0.1) is 18.3 Å². The number of nitriles is 1. The molecule has 0 saturated carbocycles. The number of rotatable bonds is 4. The molecule has 0 unspecified atom stereocenters. The fourth-order valence-electron chi connectivity index (χ4n) is 2.82. The van der Waals surface area contributed by atoms with Gasteiger partial charge in [-0.15, -0.1) is 0 Å². The summed E-state index contributed by atoms with van der Waals surface area (Å²) in [6, 6.07) is 7.74. The van der Waals surface area contributed by atoms with Crippen molar-refractivity contribution in [3.05, 3.63) is 40.4 Å². The maximum absolute atomic E-state index is 12.2. The molecule has 6 nitrogen and oxygen atoms in total. The van der Waals surface area contributed by atoms with Gasteiger partial charge in [-0.2, -0.15) is 5.26 Å². The van der Waals surface area contributed by atoms with Crippen LogP contribution in [0.5, 0.6) is 0 Å². The van der Waals surface area contributed by atoms with Crippen molar-refractivity contribution in [2.75, 3.05) is 6.54 Å². The molecule has 1 amide bonds. The summed E-state index contributed by atoms with van der Waals surface area (Å²) in [4.78, 5) is 12.2. The van der Waals surface area contributed by atoms with Gasteiger partial charge in [0.25, 0.3) is 0 Å². The normalized spacial score (nSPS) is 18.3. The Morgan fingerprint density at radius 2 is 1.83 bits per heavy atom. The molecule has 1 aromatic carbocycles. The Morgan fingerprint density at radius 3 is 2.34 bits per heavy atom. The Bertz CT molecular complexity index is 831. The summed E-state index contributed by atoms with van der Waals surface area (Å²) in [5, 5.41) is 12.1. The summed E-state index contributed by atoms with van der Waals surface area (Å²) in [7, 11) is -0.625. The molecule has 0 aromatic heterocycles. The van der Waals surface area contributed by atoms with Crippen LogP contribution in [-0.2, 0) is 14.0 Å². The largest absolute Gasteiger partial charge is 0.492 e. The van der Waals surface area contributed by atoms with Crippen LogP contribution in [-0.4, -0.2) is 36.6 Å². The Balaban J connectivity index is 2.34. The van der Waals surface area contributed by atoms with Crippen LogP contribution in [0.3, 0.4) is 0 Å². The maximum Gasteiger partial charge on any atom is 0.492 e. The lowest BCUT2D eigenvalue weighted by Crippen LogP contribution is -2.41. The Labute approximate surface area is 174 Å². The predicted molar refractivity (Wildman–Crippen MR) is 114 cm³/mol. The van der Waals surface area contributed by atoms with E-state index in [1.165, 1.54) is 0 Å². The van der Waals surface area contributed by atoms with Crippen LogP contribution in [0.4, 0.5) is 4.79 Å². The van der Waals surface area contributed by atoms with Gasteiger partial charge in [-0.05, 0) is 78.1 Å². The van der Waals surface area contributed by atoms with Crippen molar-refractivity contribution < 1.29 is 18.8 Å². The average Bonchev–Trinajstić information content (AvgIpc) is 2.79. The first-order chi connectivity index (χ1) is 13.3. The molecule has 1 aliphatic heterocycles. The van der Waals surface area contributed by atoms with Crippen LogP contribution in [0.2, 0.25) is 0 Å². The van der Waals surface area contributed by atoms with Crippen molar-refractivity contribution >= 4 is 19.3 Å². The van der Waals surface area contributed by atoms with Crippen molar-refractivity contribution in [2.24, 2.45) is 0 Å². The summed E-state index contributed by atoms with van der Waals surface area (Å²) in [6.07, 6.45) is 1.40. The van der Waals surface area contributed by atoms with Crippen molar-refractivity contribution in [1.29, 1.82) is 5.26 Å². The van der Waals surface area contributed by atoms with E-state index in [9.17, 15) is 10.1 Å². The highest BCUT2D eigenvalue weighted by molar-refractivity contribution is 6.56. The first kappa shape index (κ1) is 23.0. The smallest absolute Gasteiger partial charge is 0.444 e. The minimum absolute atomic E-state index is 0.196. The Kier molecular flexibility index (Phi) is 6.51. The van der Waals surface area contributed by atoms with E-state index in [2.05, 4.69) is 11.4 Å². The topological polar surface area (TPSA) is 80.6 Å². The molecule has 1 aliphatic rings. The molecule has 0 radical (unpaired) electrons. The third kappa shape index (κ3) is 5.62. The number of carbonyl (C=O) groups excluding carboxylic acids is 1. The number of benzene rings is 1. The zero-order valence-corrected chi connectivity index (χ0v) is 18.7. The van der Waals surface area contributed by atoms with Gasteiger partial charge in [-0.3, -0.25) is 0 Å². The molecule has 1 N–H and O–H groups in total. The van der Waals surface area contributed by atoms with Gasteiger partial charge in [0.2, 0.25) is 0 Å². The van der Waals surface area contributed by atoms with Gasteiger partial charge < -0.3 is 19.4 Å². The van der Waals surface area contributed by atoms with E-state index in [0.29, 0.717) is 5.56 Å². The molecule has 1 aromatic rings. The first-order valence-electron chi connectivity index (χ1n) is 9.78. The zero-order chi connectivity index (χ0) is 22.0. The summed E-state index contributed by atoms with van der Waals surface area (Å²) < 4.78 is 17.7. The summed E-state index contributed by atoms with van der Waals surface area (Å²) in [6.45, 7) is 15.5. The van der Waals surface area contributed by atoms with Crippen molar-refractivity contribution in [2.45, 2.75) is 72.2 Å². The fraction of sp³-hybridized carbons (Fsp3) is 0.545. The highest BCUT2D eigenvalue weighted by atomic mass is 16.7. The minimum atomic E-state index is -0.625. The van der Waals surface area contributed by atoms with Crippen LogP contribution in [0.1, 0.15) is 65.2 Å². The van der Waals surface area contributed by atoms with Crippen molar-refractivity contribution in [1.82, 2.24) is 5.32 Å². The first-order valence-corrected chi connectivity index (χ1v) is 9.78. The summed E-state index contributed by atoms with van der Waals surface area (Å²) in [5.74, 6) is 0. The van der Waals surface area contributed by atoms with Crippen molar-refractivity contribution in [3.8, 4) is 6.07 Å². The van der Waals surface area contributed by atoms with E-state index in [0.717, 1.165) is 16.6 Å². The fourth-order valence-corrected chi connectivity index (χ4v) is 2.82. The second kappa shape index (κ2) is 8.21. The number of nitrogens with zero attached hydrogens (tertiary/aromatic N) is 1. The predicted octanol–water partition coefficient (Wildman–Crippen LogP) is 4.41. The van der Waals surface area contributed by atoms with Gasteiger partial charge in [-0.25, -0.2) is 4.79 Å². The van der Waals surface area contributed by atoms with E-state index in [1.54, 1.807) is 6.07 Å². The SMILES string of the molecule is Cc1c(C#N)cccc1C=C(CNC(=O)OC(C)(C)C)B1OC(C)(C)C(C)(C)O1. The molecule has 1 saturated heterocycles. The number of nitrogens with one attached hydrogen (secondary N) is 1. The van der Waals surface area contributed by atoms with Gasteiger partial charge in [0.05, 0.1) is 22.8 Å². The van der Waals surface area contributed by atoms with Crippen molar-refractivity contribution in [3.63, 3.8) is 0 Å². The van der Waals surface area contributed by atoms with E-state index in [4.69, 9.17) is 14.0 Å². The molecule has 2 rings (SSSR count). The maximum atomic E-state index is 12.2. The molecule has 29 heavy (non-hydrogen) atoms. The number of hydrogen-bond donors (Lipinski definition) is 1. The second-order valence-corrected chi connectivity index (χ2v) is 9.29. The van der Waals surface area contributed by atoms with Gasteiger partial charge in [0, 0.05) is 6.54 Å². The van der Waals surface area contributed by atoms with Gasteiger partial charge >= 0.3 is 13.2 Å². The molecule has 0 aliphatic carbocycles. The third-order valence-corrected chi connectivity index (χ3v) is 5.23. The number of alkyl carbamates (subject to hydrolysis) is 1.